The summed E-state index contributed by atoms with van der Waals surface area (Å²) in [5.41, 5.74) is 4.32. The highest BCUT2D eigenvalue weighted by Crippen LogP contribution is 2.26. The fraction of sp³-hybridized carbons (Fsp3) is 0.483. The van der Waals surface area contributed by atoms with Gasteiger partial charge in [0.25, 0.3) is 0 Å². The molecule has 0 atom stereocenters. The number of hydrogen-bond donors (Lipinski definition) is 1. The second-order valence-corrected chi connectivity index (χ2v) is 9.96. The number of Topliss-reactive ketones (excluding diaryl/α,β-unsaturated/α-hetero) is 1. The average molecular weight is 493 g/mol. The Morgan fingerprint density at radius 2 is 1.69 bits per heavy atom. The third-order valence-electron chi connectivity index (χ3n) is 7.48. The highest BCUT2D eigenvalue weighted by Gasteiger charge is 2.22. The van der Waals surface area contributed by atoms with Gasteiger partial charge in [-0.05, 0) is 61.3 Å². The zero-order valence-corrected chi connectivity index (χ0v) is 21.1. The summed E-state index contributed by atoms with van der Waals surface area (Å²) >= 11 is 0. The number of carboxylic acid groups (broad SMARTS) is 1. The molecule has 1 fully saturated rings. The maximum absolute atomic E-state index is 13.0. The van der Waals surface area contributed by atoms with E-state index in [0.717, 1.165) is 69.4 Å². The Morgan fingerprint density at radius 1 is 0.972 bits per heavy atom. The summed E-state index contributed by atoms with van der Waals surface area (Å²) in [4.78, 5) is 39.6. The number of carboxylic acids is 1. The molecular weight excluding hydrogens is 456 g/mol. The first kappa shape index (κ1) is 25.9. The van der Waals surface area contributed by atoms with Gasteiger partial charge in [0.15, 0.2) is 12.4 Å². The number of piperidine rings is 1. The highest BCUT2D eigenvalue weighted by molar-refractivity contribution is 5.96. The van der Waals surface area contributed by atoms with Crippen LogP contribution >= 0.6 is 0 Å². The van der Waals surface area contributed by atoms with E-state index in [1.807, 2.05) is 35.2 Å². The van der Waals surface area contributed by atoms with E-state index in [9.17, 15) is 14.4 Å². The number of amides is 1. The van der Waals surface area contributed by atoms with E-state index in [2.05, 4.69) is 17.0 Å². The molecule has 0 aromatic heterocycles. The normalized spacial score (nSPS) is 16.8. The number of aliphatic carboxylic acids is 1. The molecule has 2 aromatic rings. The largest absolute Gasteiger partial charge is 0.482 e. The summed E-state index contributed by atoms with van der Waals surface area (Å²) in [5, 5.41) is 8.94. The minimum absolute atomic E-state index is 0.142. The second kappa shape index (κ2) is 12.2. The van der Waals surface area contributed by atoms with Gasteiger partial charge >= 0.3 is 5.97 Å². The Hall–Kier alpha value is -3.19. The van der Waals surface area contributed by atoms with Crippen molar-refractivity contribution in [3.63, 3.8) is 0 Å². The summed E-state index contributed by atoms with van der Waals surface area (Å²) < 4.78 is 5.48. The van der Waals surface area contributed by atoms with Crippen molar-refractivity contribution in [2.75, 3.05) is 32.8 Å². The summed E-state index contributed by atoms with van der Waals surface area (Å²) in [5.74, 6) is 0.489. The number of likely N-dealkylation sites (tertiary alicyclic amines) is 1. The van der Waals surface area contributed by atoms with Gasteiger partial charge in [0.1, 0.15) is 5.75 Å². The van der Waals surface area contributed by atoms with Gasteiger partial charge in [-0.3, -0.25) is 14.5 Å². The molecular formula is C29H36N2O5. The second-order valence-electron chi connectivity index (χ2n) is 9.96. The van der Waals surface area contributed by atoms with Crippen molar-refractivity contribution in [1.82, 2.24) is 9.80 Å². The molecule has 36 heavy (non-hydrogen) atoms. The number of para-hydroxylation sites is 1. The van der Waals surface area contributed by atoms with Gasteiger partial charge < -0.3 is 14.7 Å². The molecule has 0 spiro atoms. The van der Waals surface area contributed by atoms with Crippen molar-refractivity contribution in [1.29, 1.82) is 0 Å². The summed E-state index contributed by atoms with van der Waals surface area (Å²) in [6.45, 7) is 5.34. The maximum Gasteiger partial charge on any atom is 0.341 e. The molecule has 0 aliphatic carbocycles. The van der Waals surface area contributed by atoms with E-state index in [0.29, 0.717) is 24.6 Å². The van der Waals surface area contributed by atoms with Crippen LogP contribution in [0.25, 0.3) is 0 Å². The number of fused-ring (bicyclic) bond motifs is 1. The van der Waals surface area contributed by atoms with Crippen LogP contribution in [-0.2, 0) is 29.0 Å². The number of benzene rings is 2. The van der Waals surface area contributed by atoms with Crippen LogP contribution in [0.4, 0.5) is 0 Å². The summed E-state index contributed by atoms with van der Waals surface area (Å²) in [6.07, 6.45) is 5.20. The Kier molecular flexibility index (Phi) is 8.75. The van der Waals surface area contributed by atoms with Crippen LogP contribution < -0.4 is 4.74 Å². The first-order chi connectivity index (χ1) is 17.4. The zero-order chi connectivity index (χ0) is 25.5. The lowest BCUT2D eigenvalue weighted by Crippen LogP contribution is -2.37. The van der Waals surface area contributed by atoms with Gasteiger partial charge in [0.2, 0.25) is 5.91 Å². The van der Waals surface area contributed by atoms with Crippen LogP contribution in [0.3, 0.4) is 0 Å². The van der Waals surface area contributed by atoms with Crippen molar-refractivity contribution in [2.45, 2.75) is 52.0 Å². The fourth-order valence-electron chi connectivity index (χ4n) is 5.27. The van der Waals surface area contributed by atoms with Crippen molar-refractivity contribution in [2.24, 2.45) is 5.92 Å². The van der Waals surface area contributed by atoms with E-state index < -0.39 is 5.97 Å². The molecule has 1 amide bonds. The van der Waals surface area contributed by atoms with Crippen molar-refractivity contribution >= 4 is 17.7 Å². The quantitative estimate of drug-likeness (QED) is 0.533. The van der Waals surface area contributed by atoms with Gasteiger partial charge in [0.05, 0.1) is 0 Å². The first-order valence-electron chi connectivity index (χ1n) is 12.9. The molecule has 0 unspecified atom stereocenters. The highest BCUT2D eigenvalue weighted by atomic mass is 16.5. The van der Waals surface area contributed by atoms with Crippen LogP contribution in [0.2, 0.25) is 0 Å². The van der Waals surface area contributed by atoms with E-state index >= 15 is 0 Å². The van der Waals surface area contributed by atoms with Gasteiger partial charge in [-0.25, -0.2) is 4.79 Å². The SMILES string of the molecule is CC(=O)N1CCC(CCC(=O)c2ccc3c(c2)CCN(Cc2ccccc2OCC(=O)O)CC3)CC1. The van der Waals surface area contributed by atoms with Crippen LogP contribution in [-0.4, -0.2) is 65.4 Å². The number of hydrogen-bond acceptors (Lipinski definition) is 5. The third-order valence-corrected chi connectivity index (χ3v) is 7.48. The molecule has 1 saturated heterocycles. The molecule has 7 nitrogen and oxygen atoms in total. The molecule has 2 aliphatic heterocycles. The molecule has 1 N–H and O–H groups in total. The van der Waals surface area contributed by atoms with Gasteiger partial charge in [-0.15, -0.1) is 0 Å². The predicted molar refractivity (Wildman–Crippen MR) is 137 cm³/mol. The number of carbonyl (C=O) groups is 3. The molecule has 0 bridgehead atoms. The van der Waals surface area contributed by atoms with Crippen molar-refractivity contribution in [3.8, 4) is 5.75 Å². The lowest BCUT2D eigenvalue weighted by molar-refractivity contribution is -0.139. The van der Waals surface area contributed by atoms with Gasteiger partial charge in [-0.1, -0.05) is 30.3 Å². The van der Waals surface area contributed by atoms with E-state index in [-0.39, 0.29) is 18.3 Å². The molecule has 2 aromatic carbocycles. The number of carbonyl (C=O) groups excluding carboxylic acids is 2. The van der Waals surface area contributed by atoms with Crippen LogP contribution in [0.1, 0.15) is 59.7 Å². The minimum atomic E-state index is -0.987. The maximum atomic E-state index is 13.0. The topological polar surface area (TPSA) is 87.2 Å². The third kappa shape index (κ3) is 6.94. The zero-order valence-electron chi connectivity index (χ0n) is 21.1. The van der Waals surface area contributed by atoms with Gasteiger partial charge in [0, 0.05) is 57.2 Å². The monoisotopic (exact) mass is 492 g/mol. The van der Waals surface area contributed by atoms with Crippen LogP contribution in [0.15, 0.2) is 42.5 Å². The van der Waals surface area contributed by atoms with Crippen molar-refractivity contribution in [3.05, 3.63) is 64.7 Å². The van der Waals surface area contributed by atoms with Crippen LogP contribution in [0, 0.1) is 5.92 Å². The number of rotatable bonds is 9. The Balaban J connectivity index is 1.31. The molecule has 2 aliphatic rings. The molecule has 7 heteroatoms. The van der Waals surface area contributed by atoms with Gasteiger partial charge in [-0.2, -0.15) is 0 Å². The molecule has 4 rings (SSSR count). The first-order valence-corrected chi connectivity index (χ1v) is 12.9. The number of ketones is 1. The Morgan fingerprint density at radius 3 is 2.42 bits per heavy atom. The summed E-state index contributed by atoms with van der Waals surface area (Å²) in [7, 11) is 0. The minimum Gasteiger partial charge on any atom is -0.482 e. The lowest BCUT2D eigenvalue weighted by atomic mass is 9.89. The predicted octanol–water partition coefficient (Wildman–Crippen LogP) is 3.97. The lowest BCUT2D eigenvalue weighted by Gasteiger charge is -2.31. The summed E-state index contributed by atoms with van der Waals surface area (Å²) in [6, 6.07) is 13.8. The standard InChI is InChI=1S/C29H36N2O5/c1-21(32)31-16-10-22(11-17-31)6-9-27(33)25-8-7-23-12-14-30(15-13-24(23)18-25)19-26-4-2-3-5-28(26)36-20-29(34)35/h2-5,7-8,18,22H,6,9-17,19-20H2,1H3,(H,34,35). The molecule has 0 saturated carbocycles. The Labute approximate surface area is 213 Å². The number of ether oxygens (including phenoxy) is 1. The Bertz CT molecular complexity index is 1090. The van der Waals surface area contributed by atoms with Crippen LogP contribution in [0.5, 0.6) is 5.75 Å². The van der Waals surface area contributed by atoms with Crippen molar-refractivity contribution < 1.29 is 24.2 Å². The molecule has 0 radical (unpaired) electrons. The molecule has 2 heterocycles. The van der Waals surface area contributed by atoms with E-state index in [1.165, 1.54) is 11.1 Å². The van der Waals surface area contributed by atoms with E-state index in [1.54, 1.807) is 6.92 Å². The number of nitrogens with zero attached hydrogens (tertiary/aromatic N) is 2. The smallest absolute Gasteiger partial charge is 0.341 e. The fourth-order valence-corrected chi connectivity index (χ4v) is 5.27. The van der Waals surface area contributed by atoms with E-state index in [4.69, 9.17) is 9.84 Å². The average Bonchev–Trinajstić information content (AvgIpc) is 3.08. The molecule has 192 valence electrons.